The molecule has 1 aromatic heterocycles. The van der Waals surface area contributed by atoms with Crippen LogP contribution >= 0.6 is 27.3 Å². The number of thiophene rings is 1. The van der Waals surface area contributed by atoms with Crippen molar-refractivity contribution in [2.75, 3.05) is 13.6 Å². The summed E-state index contributed by atoms with van der Waals surface area (Å²) in [5, 5.41) is 5.08. The number of hydrogen-bond donors (Lipinski definition) is 2. The summed E-state index contributed by atoms with van der Waals surface area (Å²) in [6.45, 7) is 2.48. The van der Waals surface area contributed by atoms with Gasteiger partial charge in [-0.15, -0.1) is 11.3 Å². The molecule has 2 rings (SSSR count). The van der Waals surface area contributed by atoms with Crippen LogP contribution in [0.4, 0.5) is 0 Å². The molecule has 0 saturated heterocycles. The predicted molar refractivity (Wildman–Crippen MR) is 86.8 cm³/mol. The van der Waals surface area contributed by atoms with Crippen molar-refractivity contribution in [1.29, 1.82) is 0 Å². The van der Waals surface area contributed by atoms with Gasteiger partial charge in [-0.05, 0) is 48.3 Å². The van der Waals surface area contributed by atoms with Crippen LogP contribution in [0.2, 0.25) is 0 Å². The van der Waals surface area contributed by atoms with E-state index in [-0.39, 0.29) is 18.0 Å². The zero-order valence-electron chi connectivity index (χ0n) is 11.9. The van der Waals surface area contributed by atoms with Gasteiger partial charge in [-0.1, -0.05) is 6.92 Å². The van der Waals surface area contributed by atoms with Gasteiger partial charge in [-0.2, -0.15) is 0 Å². The normalized spacial score (nSPS) is 18.1. The Hall–Kier alpha value is -0.430. The number of rotatable bonds is 7. The van der Waals surface area contributed by atoms with Crippen molar-refractivity contribution in [3.63, 3.8) is 0 Å². The number of amides is 1. The van der Waals surface area contributed by atoms with Gasteiger partial charge in [-0.25, -0.2) is 0 Å². The molecule has 1 aromatic rings. The van der Waals surface area contributed by atoms with Crippen LogP contribution in [0.15, 0.2) is 15.9 Å². The average Bonchev–Trinajstić information content (AvgIpc) is 3.10. The minimum Gasteiger partial charge on any atom is -0.352 e. The molecule has 6 heteroatoms. The van der Waals surface area contributed by atoms with Gasteiger partial charge in [-0.3, -0.25) is 9.69 Å². The Morgan fingerprint density at radius 2 is 2.35 bits per heavy atom. The number of halogens is 1. The van der Waals surface area contributed by atoms with Crippen molar-refractivity contribution in [2.24, 2.45) is 5.73 Å². The van der Waals surface area contributed by atoms with E-state index in [0.717, 1.165) is 23.7 Å². The van der Waals surface area contributed by atoms with E-state index >= 15 is 0 Å². The second-order valence-electron chi connectivity index (χ2n) is 5.44. The molecule has 1 aliphatic carbocycles. The van der Waals surface area contributed by atoms with Gasteiger partial charge in [0.25, 0.3) is 0 Å². The number of nitrogens with one attached hydrogen (secondary N) is 1. The number of nitrogens with zero attached hydrogens (tertiary/aromatic N) is 1. The summed E-state index contributed by atoms with van der Waals surface area (Å²) in [5.74, 6) is 0.0962. The van der Waals surface area contributed by atoms with E-state index in [1.165, 1.54) is 4.88 Å². The molecule has 0 spiro atoms. The summed E-state index contributed by atoms with van der Waals surface area (Å²) in [5.41, 5.74) is 6.27. The molecular formula is C14H22BrN3OS. The fourth-order valence-corrected chi connectivity index (χ4v) is 3.97. The molecule has 1 fully saturated rings. The summed E-state index contributed by atoms with van der Waals surface area (Å²) in [4.78, 5) is 15.2. The van der Waals surface area contributed by atoms with Crippen molar-refractivity contribution < 1.29 is 4.79 Å². The monoisotopic (exact) mass is 359 g/mol. The highest BCUT2D eigenvalue weighted by Crippen LogP contribution is 2.31. The fraction of sp³-hybridized carbons (Fsp3) is 0.643. The number of carbonyl (C=O) groups is 1. The average molecular weight is 360 g/mol. The van der Waals surface area contributed by atoms with Crippen molar-refractivity contribution >= 4 is 33.2 Å². The number of hydrogen-bond acceptors (Lipinski definition) is 4. The van der Waals surface area contributed by atoms with Crippen molar-refractivity contribution in [3.8, 4) is 0 Å². The van der Waals surface area contributed by atoms with Gasteiger partial charge in [0.1, 0.15) is 0 Å². The Morgan fingerprint density at radius 3 is 2.85 bits per heavy atom. The lowest BCUT2D eigenvalue weighted by atomic mass is 10.0. The summed E-state index contributed by atoms with van der Waals surface area (Å²) >= 11 is 5.17. The van der Waals surface area contributed by atoms with Crippen LogP contribution in [-0.4, -0.2) is 36.5 Å². The lowest BCUT2D eigenvalue weighted by Gasteiger charge is -2.31. The standard InChI is InChI=1S/C14H22BrN3OS/c1-3-11(16)14(12-6-9(15)8-20-12)18(2)7-13(19)17-10-4-5-10/h6,8,10-11,14H,3-5,7,16H2,1-2H3,(H,17,19). The summed E-state index contributed by atoms with van der Waals surface area (Å²) in [6, 6.07) is 2.62. The maximum absolute atomic E-state index is 12.0. The lowest BCUT2D eigenvalue weighted by molar-refractivity contribution is -0.122. The van der Waals surface area contributed by atoms with Gasteiger partial charge in [0.15, 0.2) is 0 Å². The molecule has 1 saturated carbocycles. The van der Waals surface area contributed by atoms with Crippen molar-refractivity contribution in [2.45, 2.75) is 44.3 Å². The number of likely N-dealkylation sites (N-methyl/N-ethyl adjacent to an activating group) is 1. The van der Waals surface area contributed by atoms with E-state index in [1.54, 1.807) is 11.3 Å². The first-order valence-corrected chi connectivity index (χ1v) is 8.67. The zero-order chi connectivity index (χ0) is 14.7. The van der Waals surface area contributed by atoms with Gasteiger partial charge in [0.05, 0.1) is 12.6 Å². The van der Waals surface area contributed by atoms with Crippen LogP contribution in [0.1, 0.15) is 37.1 Å². The van der Waals surface area contributed by atoms with E-state index < -0.39 is 0 Å². The highest BCUT2D eigenvalue weighted by Gasteiger charge is 2.28. The SMILES string of the molecule is CCC(N)C(c1cc(Br)cs1)N(C)CC(=O)NC1CC1. The Balaban J connectivity index is 2.03. The molecule has 0 radical (unpaired) electrons. The summed E-state index contributed by atoms with van der Waals surface area (Å²) in [7, 11) is 1.97. The summed E-state index contributed by atoms with van der Waals surface area (Å²) < 4.78 is 1.07. The van der Waals surface area contributed by atoms with Crippen LogP contribution in [0.25, 0.3) is 0 Å². The molecule has 4 nitrogen and oxygen atoms in total. The Morgan fingerprint density at radius 1 is 1.65 bits per heavy atom. The first-order chi connectivity index (χ1) is 9.51. The predicted octanol–water partition coefficient (Wildman–Crippen LogP) is 2.50. The lowest BCUT2D eigenvalue weighted by Crippen LogP contribution is -2.43. The second-order valence-corrected chi connectivity index (χ2v) is 7.30. The Kier molecular flexibility index (Phi) is 5.60. The maximum Gasteiger partial charge on any atom is 0.234 e. The molecule has 2 atom stereocenters. The quantitative estimate of drug-likeness (QED) is 0.786. The first-order valence-electron chi connectivity index (χ1n) is 7.00. The largest absolute Gasteiger partial charge is 0.352 e. The third-order valence-electron chi connectivity index (χ3n) is 3.57. The van der Waals surface area contributed by atoms with Crippen LogP contribution in [0.3, 0.4) is 0 Å². The van der Waals surface area contributed by atoms with Gasteiger partial charge >= 0.3 is 0 Å². The highest BCUT2D eigenvalue weighted by molar-refractivity contribution is 9.10. The zero-order valence-corrected chi connectivity index (χ0v) is 14.3. The number of carbonyl (C=O) groups excluding carboxylic acids is 1. The highest BCUT2D eigenvalue weighted by atomic mass is 79.9. The molecule has 0 bridgehead atoms. The van der Waals surface area contributed by atoms with Gasteiger partial charge < -0.3 is 11.1 Å². The molecule has 0 aliphatic heterocycles. The molecule has 3 N–H and O–H groups in total. The van der Waals surface area contributed by atoms with E-state index in [4.69, 9.17) is 5.73 Å². The molecule has 2 unspecified atom stereocenters. The maximum atomic E-state index is 12.0. The second kappa shape index (κ2) is 7.02. The molecule has 0 aromatic carbocycles. The molecule has 20 heavy (non-hydrogen) atoms. The first kappa shape index (κ1) is 15.9. The molecule has 112 valence electrons. The van der Waals surface area contributed by atoms with Crippen molar-refractivity contribution in [1.82, 2.24) is 10.2 Å². The molecule has 1 amide bonds. The van der Waals surface area contributed by atoms with E-state index in [1.807, 2.05) is 7.05 Å². The van der Waals surface area contributed by atoms with E-state index in [0.29, 0.717) is 12.6 Å². The van der Waals surface area contributed by atoms with E-state index in [2.05, 4.69) is 44.5 Å². The number of nitrogens with two attached hydrogens (primary N) is 1. The Labute approximate surface area is 132 Å². The Bertz CT molecular complexity index is 461. The van der Waals surface area contributed by atoms with Crippen LogP contribution in [0, 0.1) is 0 Å². The van der Waals surface area contributed by atoms with E-state index in [9.17, 15) is 4.79 Å². The topological polar surface area (TPSA) is 58.4 Å². The van der Waals surface area contributed by atoms with Crippen LogP contribution in [0.5, 0.6) is 0 Å². The smallest absolute Gasteiger partial charge is 0.234 e. The molecular weight excluding hydrogens is 338 g/mol. The van der Waals surface area contributed by atoms with Crippen LogP contribution < -0.4 is 11.1 Å². The van der Waals surface area contributed by atoms with Gasteiger partial charge in [0, 0.05) is 26.8 Å². The summed E-state index contributed by atoms with van der Waals surface area (Å²) in [6.07, 6.45) is 3.12. The molecule has 1 heterocycles. The third kappa shape index (κ3) is 4.28. The minimum absolute atomic E-state index is 0.0271. The van der Waals surface area contributed by atoms with Gasteiger partial charge in [0.2, 0.25) is 5.91 Å². The fourth-order valence-electron chi connectivity index (χ4n) is 2.29. The minimum atomic E-state index is 0.0271. The van der Waals surface area contributed by atoms with Crippen molar-refractivity contribution in [3.05, 3.63) is 20.8 Å². The third-order valence-corrected chi connectivity index (χ3v) is 5.33. The van der Waals surface area contributed by atoms with Crippen LogP contribution in [-0.2, 0) is 4.79 Å². The molecule has 1 aliphatic rings.